The topological polar surface area (TPSA) is 100 Å². The van der Waals surface area contributed by atoms with E-state index in [4.69, 9.17) is 4.74 Å². The summed E-state index contributed by atoms with van der Waals surface area (Å²) < 4.78 is 33.0. The van der Waals surface area contributed by atoms with Gasteiger partial charge in [0.05, 0.1) is 29.8 Å². The van der Waals surface area contributed by atoms with Crippen molar-refractivity contribution in [3.05, 3.63) is 41.3 Å². The molecule has 2 fully saturated rings. The average Bonchev–Trinajstić information content (AvgIpc) is 3.58. The molecule has 0 saturated heterocycles. The fourth-order valence-corrected chi connectivity index (χ4v) is 4.61. The fraction of sp³-hybridized carbons (Fsp3) is 0.480. The Morgan fingerprint density at radius 1 is 1.24 bits per heavy atom. The van der Waals surface area contributed by atoms with E-state index in [0.717, 1.165) is 32.1 Å². The molecule has 0 spiro atoms. The summed E-state index contributed by atoms with van der Waals surface area (Å²) in [6, 6.07) is 4.00. The van der Waals surface area contributed by atoms with Crippen LogP contribution in [-0.4, -0.2) is 44.7 Å². The summed E-state index contributed by atoms with van der Waals surface area (Å²) in [5.74, 6) is 0.636. The number of aliphatic hydroxyl groups excluding tert-OH is 1. The normalized spacial score (nSPS) is 20.6. The molecule has 1 amide bonds. The van der Waals surface area contributed by atoms with Crippen molar-refractivity contribution in [3.63, 3.8) is 0 Å². The van der Waals surface area contributed by atoms with Crippen molar-refractivity contribution in [2.45, 2.75) is 64.0 Å². The molecule has 2 atom stereocenters. The van der Waals surface area contributed by atoms with Crippen molar-refractivity contribution in [1.29, 1.82) is 0 Å². The van der Waals surface area contributed by atoms with Gasteiger partial charge < -0.3 is 20.1 Å². The van der Waals surface area contributed by atoms with E-state index in [1.165, 1.54) is 18.5 Å². The molecule has 2 aliphatic rings. The van der Waals surface area contributed by atoms with Crippen LogP contribution in [0, 0.1) is 12.8 Å². The van der Waals surface area contributed by atoms with Gasteiger partial charge in [0.15, 0.2) is 0 Å². The molecule has 7 nitrogen and oxygen atoms in total. The first-order valence-corrected chi connectivity index (χ1v) is 11.8. The number of hydrogen-bond donors (Lipinski definition) is 3. The third kappa shape index (κ3) is 4.49. The van der Waals surface area contributed by atoms with Gasteiger partial charge in [0.1, 0.15) is 23.3 Å². The summed E-state index contributed by atoms with van der Waals surface area (Å²) >= 11 is 0. The molecule has 9 heteroatoms. The molecule has 5 rings (SSSR count). The molecule has 180 valence electrons. The average molecular weight is 471 g/mol. The Morgan fingerprint density at radius 2 is 2.03 bits per heavy atom. The number of aromatic nitrogens is 3. The molecule has 0 aliphatic heterocycles. The van der Waals surface area contributed by atoms with Crippen LogP contribution in [0.1, 0.15) is 66.6 Å². The number of hydrogen-bond acceptors (Lipinski definition) is 5. The Kier molecular flexibility index (Phi) is 6.20. The van der Waals surface area contributed by atoms with E-state index in [1.807, 2.05) is 0 Å². The maximum absolute atomic E-state index is 13.5. The quantitative estimate of drug-likeness (QED) is 0.465. The Labute approximate surface area is 196 Å². The molecule has 1 aromatic carbocycles. The number of carbonyl (C=O) groups is 1. The van der Waals surface area contributed by atoms with Crippen LogP contribution in [0.5, 0.6) is 5.75 Å². The van der Waals surface area contributed by atoms with Crippen LogP contribution in [0.2, 0.25) is 0 Å². The molecule has 3 N–H and O–H groups in total. The molecular formula is C25H28F2N4O3. The lowest BCUT2D eigenvalue weighted by Gasteiger charge is -2.28. The van der Waals surface area contributed by atoms with E-state index >= 15 is 0 Å². The van der Waals surface area contributed by atoms with E-state index in [2.05, 4.69) is 20.3 Å². The zero-order valence-corrected chi connectivity index (χ0v) is 19.0. The first-order chi connectivity index (χ1) is 16.4. The zero-order valence-electron chi connectivity index (χ0n) is 19.0. The van der Waals surface area contributed by atoms with Crippen LogP contribution in [0.25, 0.3) is 22.3 Å². The number of H-pyrrole nitrogens is 1. The van der Waals surface area contributed by atoms with Crippen LogP contribution < -0.4 is 10.1 Å². The number of nitrogens with zero attached hydrogens (tertiary/aromatic N) is 2. The number of amides is 1. The first-order valence-electron chi connectivity index (χ1n) is 11.8. The number of aliphatic hydroxyl groups is 1. The monoisotopic (exact) mass is 470 g/mol. The minimum Gasteiger partial charge on any atom is -0.493 e. The predicted molar refractivity (Wildman–Crippen MR) is 123 cm³/mol. The second-order valence-electron chi connectivity index (χ2n) is 9.31. The van der Waals surface area contributed by atoms with Gasteiger partial charge in [-0.2, -0.15) is 0 Å². The number of halogens is 2. The summed E-state index contributed by atoms with van der Waals surface area (Å²) in [7, 11) is 0. The summed E-state index contributed by atoms with van der Waals surface area (Å²) in [5, 5.41) is 13.2. The number of aryl methyl sites for hydroxylation is 1. The minimum absolute atomic E-state index is 0.131. The van der Waals surface area contributed by atoms with E-state index < -0.39 is 12.5 Å². The van der Waals surface area contributed by atoms with Gasteiger partial charge in [-0.05, 0) is 56.7 Å². The number of ether oxygens (including phenoxy) is 1. The third-order valence-corrected chi connectivity index (χ3v) is 6.73. The van der Waals surface area contributed by atoms with Crippen molar-refractivity contribution in [2.24, 2.45) is 5.92 Å². The number of benzene rings is 1. The standard InChI is InChI=1S/C25H28F2N4O3/c1-13-20(25(33)31-17-4-2-3-5-18(17)32)22-23(30-13)21(28-12-29-22)16-10-15(24(26)27)8-9-19(16)34-11-14-6-7-14/h8-10,12,14,17-18,24,30,32H,2-7,11H2,1H3,(H,31,33)/t17-,18-/m1/s1. The molecule has 0 bridgehead atoms. The summed E-state index contributed by atoms with van der Waals surface area (Å²) in [5.41, 5.74) is 2.54. The first kappa shape index (κ1) is 22.7. The summed E-state index contributed by atoms with van der Waals surface area (Å²) in [6.45, 7) is 2.29. The van der Waals surface area contributed by atoms with E-state index in [0.29, 0.717) is 58.2 Å². The molecule has 0 unspecified atom stereocenters. The fourth-order valence-electron chi connectivity index (χ4n) is 4.61. The Balaban J connectivity index is 1.54. The van der Waals surface area contributed by atoms with Crippen LogP contribution in [0.3, 0.4) is 0 Å². The number of alkyl halides is 2. The second kappa shape index (κ2) is 9.29. The van der Waals surface area contributed by atoms with Crippen molar-refractivity contribution < 1.29 is 23.4 Å². The highest BCUT2D eigenvalue weighted by Gasteiger charge is 2.28. The van der Waals surface area contributed by atoms with Gasteiger partial charge in [-0.25, -0.2) is 18.7 Å². The number of fused-ring (bicyclic) bond motifs is 1. The molecule has 3 aromatic rings. The van der Waals surface area contributed by atoms with Crippen LogP contribution in [0.15, 0.2) is 24.5 Å². The van der Waals surface area contributed by atoms with Crippen molar-refractivity contribution >= 4 is 16.9 Å². The van der Waals surface area contributed by atoms with Crippen LogP contribution >= 0.6 is 0 Å². The maximum Gasteiger partial charge on any atom is 0.263 e. The number of nitrogens with one attached hydrogen (secondary N) is 2. The van der Waals surface area contributed by atoms with Gasteiger partial charge in [0, 0.05) is 16.8 Å². The van der Waals surface area contributed by atoms with Crippen LogP contribution in [-0.2, 0) is 0 Å². The molecule has 2 heterocycles. The Hall–Kier alpha value is -3.07. The van der Waals surface area contributed by atoms with Gasteiger partial charge in [-0.1, -0.05) is 12.8 Å². The minimum atomic E-state index is -2.64. The highest BCUT2D eigenvalue weighted by Crippen LogP contribution is 2.38. The molecule has 34 heavy (non-hydrogen) atoms. The number of carbonyl (C=O) groups excluding carboxylic acids is 1. The second-order valence-corrected chi connectivity index (χ2v) is 9.31. The maximum atomic E-state index is 13.5. The molecular weight excluding hydrogens is 442 g/mol. The molecule has 2 saturated carbocycles. The van der Waals surface area contributed by atoms with Gasteiger partial charge in [-0.3, -0.25) is 4.79 Å². The highest BCUT2D eigenvalue weighted by molar-refractivity contribution is 6.09. The van der Waals surface area contributed by atoms with Crippen molar-refractivity contribution in [1.82, 2.24) is 20.3 Å². The summed E-state index contributed by atoms with van der Waals surface area (Å²) in [4.78, 5) is 25.1. The molecule has 2 aromatic heterocycles. The molecule has 2 aliphatic carbocycles. The smallest absolute Gasteiger partial charge is 0.263 e. The predicted octanol–water partition coefficient (Wildman–Crippen LogP) is 4.69. The number of rotatable bonds is 7. The van der Waals surface area contributed by atoms with Gasteiger partial charge in [0.25, 0.3) is 12.3 Å². The zero-order chi connectivity index (χ0) is 23.8. The lowest BCUT2D eigenvalue weighted by atomic mass is 9.92. The Bertz CT molecular complexity index is 1210. The summed E-state index contributed by atoms with van der Waals surface area (Å²) in [6.07, 6.45) is 3.60. The van der Waals surface area contributed by atoms with Gasteiger partial charge in [0.2, 0.25) is 0 Å². The highest BCUT2D eigenvalue weighted by atomic mass is 19.3. The van der Waals surface area contributed by atoms with Crippen molar-refractivity contribution in [3.8, 4) is 17.0 Å². The molecule has 0 radical (unpaired) electrons. The third-order valence-electron chi connectivity index (χ3n) is 6.73. The van der Waals surface area contributed by atoms with Crippen LogP contribution in [0.4, 0.5) is 8.78 Å². The van der Waals surface area contributed by atoms with Gasteiger partial charge in [-0.15, -0.1) is 0 Å². The largest absolute Gasteiger partial charge is 0.493 e. The van der Waals surface area contributed by atoms with Gasteiger partial charge >= 0.3 is 0 Å². The SMILES string of the molecule is Cc1[nH]c2c(-c3cc(C(F)F)ccc3OCC3CC3)ncnc2c1C(=O)N[C@@H]1CCCC[C@H]1O. The lowest BCUT2D eigenvalue weighted by molar-refractivity contribution is 0.0718. The lowest BCUT2D eigenvalue weighted by Crippen LogP contribution is -2.45. The van der Waals surface area contributed by atoms with E-state index in [1.54, 1.807) is 13.0 Å². The number of aromatic amines is 1. The Morgan fingerprint density at radius 3 is 2.76 bits per heavy atom. The van der Waals surface area contributed by atoms with E-state index in [-0.39, 0.29) is 17.5 Å². The van der Waals surface area contributed by atoms with Crippen molar-refractivity contribution in [2.75, 3.05) is 6.61 Å². The van der Waals surface area contributed by atoms with E-state index in [9.17, 15) is 18.7 Å².